The van der Waals surface area contributed by atoms with Crippen molar-refractivity contribution in [2.45, 2.75) is 46.1 Å². The van der Waals surface area contributed by atoms with Gasteiger partial charge in [-0.3, -0.25) is 4.79 Å². The number of aromatic nitrogens is 1. The number of thiazole rings is 1. The summed E-state index contributed by atoms with van der Waals surface area (Å²) in [6.07, 6.45) is 2.50. The number of rotatable bonds is 5. The number of nitrogens with two attached hydrogens (primary N) is 1. The van der Waals surface area contributed by atoms with Crippen LogP contribution in [0, 0.1) is 6.92 Å². The molecule has 0 aliphatic heterocycles. The Hall–Kier alpha value is -0.940. The number of carbonyl (C=O) groups excluding carboxylic acids is 1. The molecule has 1 atom stereocenters. The molecule has 1 aromatic heterocycles. The molecule has 0 saturated carbocycles. The Morgan fingerprint density at radius 1 is 1.56 bits per heavy atom. The molecule has 0 spiro atoms. The minimum Gasteiger partial charge on any atom is -0.320 e. The van der Waals surface area contributed by atoms with Crippen molar-refractivity contribution in [3.8, 4) is 0 Å². The van der Waals surface area contributed by atoms with E-state index in [0.29, 0.717) is 11.6 Å². The van der Waals surface area contributed by atoms with Crippen molar-refractivity contribution in [1.82, 2.24) is 4.98 Å². The van der Waals surface area contributed by atoms with Gasteiger partial charge in [-0.1, -0.05) is 20.3 Å². The fourth-order valence-corrected chi connectivity index (χ4v) is 2.35. The summed E-state index contributed by atoms with van der Waals surface area (Å²) in [5.74, 6) is -0.141. The Kier molecular flexibility index (Phi) is 4.89. The van der Waals surface area contributed by atoms with Crippen molar-refractivity contribution in [3.05, 3.63) is 10.6 Å². The third-order valence-electron chi connectivity index (χ3n) is 2.39. The molecule has 16 heavy (non-hydrogen) atoms. The summed E-state index contributed by atoms with van der Waals surface area (Å²) in [5.41, 5.74) is 6.76. The van der Waals surface area contributed by atoms with E-state index in [1.165, 1.54) is 11.3 Å². The van der Waals surface area contributed by atoms with Gasteiger partial charge in [0, 0.05) is 4.88 Å². The zero-order valence-corrected chi connectivity index (χ0v) is 10.9. The second-order valence-corrected chi connectivity index (χ2v) is 4.96. The van der Waals surface area contributed by atoms with E-state index in [0.717, 1.165) is 23.4 Å². The Labute approximate surface area is 100 Å². The molecule has 1 rings (SSSR count). The summed E-state index contributed by atoms with van der Waals surface area (Å²) in [6.45, 7) is 6.07. The maximum absolute atomic E-state index is 11.6. The number of aryl methyl sites for hydroxylation is 2. The molecule has 90 valence electrons. The molecule has 1 amide bonds. The highest BCUT2D eigenvalue weighted by Crippen LogP contribution is 2.22. The number of nitrogens with one attached hydrogen (secondary N) is 1. The van der Waals surface area contributed by atoms with Gasteiger partial charge in [0.15, 0.2) is 5.13 Å². The zero-order valence-electron chi connectivity index (χ0n) is 10.0. The summed E-state index contributed by atoms with van der Waals surface area (Å²) in [5, 5.41) is 3.42. The van der Waals surface area contributed by atoms with Crippen molar-refractivity contribution in [3.63, 3.8) is 0 Å². The predicted molar refractivity (Wildman–Crippen MR) is 67.7 cm³/mol. The van der Waals surface area contributed by atoms with Gasteiger partial charge in [0.2, 0.25) is 5.91 Å². The molecule has 0 fully saturated rings. The maximum atomic E-state index is 11.6. The lowest BCUT2D eigenvalue weighted by atomic mass is 10.2. The Balaban J connectivity index is 2.62. The van der Waals surface area contributed by atoms with Crippen molar-refractivity contribution < 1.29 is 4.79 Å². The van der Waals surface area contributed by atoms with Gasteiger partial charge >= 0.3 is 0 Å². The van der Waals surface area contributed by atoms with Crippen LogP contribution in [0.1, 0.15) is 37.3 Å². The number of hydrogen-bond donors (Lipinski definition) is 2. The highest BCUT2D eigenvalue weighted by atomic mass is 32.1. The molecule has 4 nitrogen and oxygen atoms in total. The summed E-state index contributed by atoms with van der Waals surface area (Å²) in [7, 11) is 0. The van der Waals surface area contributed by atoms with Crippen LogP contribution in [0.5, 0.6) is 0 Å². The molecule has 0 aliphatic carbocycles. The lowest BCUT2D eigenvalue weighted by molar-refractivity contribution is -0.117. The number of anilines is 1. The summed E-state index contributed by atoms with van der Waals surface area (Å²) < 4.78 is 0. The van der Waals surface area contributed by atoms with E-state index in [2.05, 4.69) is 17.2 Å². The van der Waals surface area contributed by atoms with Crippen LogP contribution in [-0.2, 0) is 11.2 Å². The molecule has 3 N–H and O–H groups in total. The van der Waals surface area contributed by atoms with Crippen molar-refractivity contribution in [2.75, 3.05) is 5.32 Å². The molecule has 0 aromatic carbocycles. The van der Waals surface area contributed by atoms with E-state index in [4.69, 9.17) is 5.73 Å². The maximum Gasteiger partial charge on any atom is 0.243 e. The van der Waals surface area contributed by atoms with Gasteiger partial charge in [-0.05, 0) is 19.8 Å². The highest BCUT2D eigenvalue weighted by Gasteiger charge is 2.14. The number of amides is 1. The molecule has 1 unspecified atom stereocenters. The first-order valence-corrected chi connectivity index (χ1v) is 6.42. The standard InChI is InChI=1S/C11H19N3OS/c1-4-6-8(12)10(15)14-11-13-9(5-2)7(3)16-11/h8H,4-6,12H2,1-3H3,(H,13,14,15). The first-order valence-electron chi connectivity index (χ1n) is 5.61. The van der Waals surface area contributed by atoms with Gasteiger partial charge in [0.25, 0.3) is 0 Å². The van der Waals surface area contributed by atoms with E-state index in [1.807, 2.05) is 13.8 Å². The van der Waals surface area contributed by atoms with Crippen molar-refractivity contribution in [2.24, 2.45) is 5.73 Å². The van der Waals surface area contributed by atoms with Crippen LogP contribution < -0.4 is 11.1 Å². The molecule has 0 radical (unpaired) electrons. The van der Waals surface area contributed by atoms with Crippen LogP contribution in [-0.4, -0.2) is 16.9 Å². The third kappa shape index (κ3) is 3.28. The molecule has 0 saturated heterocycles. The summed E-state index contributed by atoms with van der Waals surface area (Å²) >= 11 is 1.50. The molecule has 5 heteroatoms. The van der Waals surface area contributed by atoms with Gasteiger partial charge in [-0.2, -0.15) is 0 Å². The lowest BCUT2D eigenvalue weighted by Crippen LogP contribution is -2.35. The minimum atomic E-state index is -0.431. The second-order valence-electron chi connectivity index (χ2n) is 3.76. The zero-order chi connectivity index (χ0) is 12.1. The van der Waals surface area contributed by atoms with E-state index in [1.54, 1.807) is 0 Å². The van der Waals surface area contributed by atoms with Gasteiger partial charge in [0.1, 0.15) is 0 Å². The minimum absolute atomic E-state index is 0.141. The number of hydrogen-bond acceptors (Lipinski definition) is 4. The van der Waals surface area contributed by atoms with Crippen LogP contribution in [0.2, 0.25) is 0 Å². The predicted octanol–water partition coefficient (Wildman–Crippen LogP) is 2.08. The fourth-order valence-electron chi connectivity index (χ4n) is 1.45. The van der Waals surface area contributed by atoms with Crippen LogP contribution >= 0.6 is 11.3 Å². The fraction of sp³-hybridized carbons (Fsp3) is 0.636. The lowest BCUT2D eigenvalue weighted by Gasteiger charge is -2.08. The Morgan fingerprint density at radius 3 is 2.75 bits per heavy atom. The monoisotopic (exact) mass is 241 g/mol. The number of carbonyl (C=O) groups is 1. The first-order chi connectivity index (χ1) is 7.58. The van der Waals surface area contributed by atoms with E-state index >= 15 is 0 Å². The second kappa shape index (κ2) is 5.96. The Morgan fingerprint density at radius 2 is 2.25 bits per heavy atom. The molecule has 0 bridgehead atoms. The topological polar surface area (TPSA) is 68.0 Å². The van der Waals surface area contributed by atoms with Crippen LogP contribution in [0.3, 0.4) is 0 Å². The third-order valence-corrected chi connectivity index (χ3v) is 3.32. The summed E-state index contributed by atoms with van der Waals surface area (Å²) in [6, 6.07) is -0.431. The van der Waals surface area contributed by atoms with Crippen molar-refractivity contribution in [1.29, 1.82) is 0 Å². The summed E-state index contributed by atoms with van der Waals surface area (Å²) in [4.78, 5) is 17.1. The highest BCUT2D eigenvalue weighted by molar-refractivity contribution is 7.15. The molecular weight excluding hydrogens is 222 g/mol. The average molecular weight is 241 g/mol. The van der Waals surface area contributed by atoms with E-state index in [9.17, 15) is 4.79 Å². The smallest absolute Gasteiger partial charge is 0.243 e. The molecular formula is C11H19N3OS. The molecule has 0 aliphatic rings. The van der Waals surface area contributed by atoms with E-state index in [-0.39, 0.29) is 5.91 Å². The SMILES string of the molecule is CCCC(N)C(=O)Nc1nc(CC)c(C)s1. The van der Waals surface area contributed by atoms with Gasteiger partial charge in [0.05, 0.1) is 11.7 Å². The normalized spacial score (nSPS) is 12.5. The molecule has 1 aromatic rings. The van der Waals surface area contributed by atoms with Crippen molar-refractivity contribution >= 4 is 22.4 Å². The number of nitrogens with zero attached hydrogens (tertiary/aromatic N) is 1. The van der Waals surface area contributed by atoms with Gasteiger partial charge in [-0.25, -0.2) is 4.98 Å². The van der Waals surface area contributed by atoms with Gasteiger partial charge in [-0.15, -0.1) is 11.3 Å². The van der Waals surface area contributed by atoms with Crippen LogP contribution in [0.15, 0.2) is 0 Å². The molecule has 1 heterocycles. The first kappa shape index (κ1) is 13.1. The largest absolute Gasteiger partial charge is 0.320 e. The average Bonchev–Trinajstić information content (AvgIpc) is 2.59. The van der Waals surface area contributed by atoms with Crippen LogP contribution in [0.4, 0.5) is 5.13 Å². The van der Waals surface area contributed by atoms with Gasteiger partial charge < -0.3 is 11.1 Å². The van der Waals surface area contributed by atoms with E-state index < -0.39 is 6.04 Å². The van der Waals surface area contributed by atoms with Crippen LogP contribution in [0.25, 0.3) is 0 Å². The quantitative estimate of drug-likeness (QED) is 0.829. The Bertz CT molecular complexity index is 362.